The Bertz CT molecular complexity index is 438. The van der Waals surface area contributed by atoms with Crippen molar-refractivity contribution in [3.8, 4) is 0 Å². The first kappa shape index (κ1) is 8.12. The Kier molecular flexibility index (Phi) is 2.18. The van der Waals surface area contributed by atoms with Crippen molar-refractivity contribution in [2.24, 2.45) is 5.16 Å². The van der Waals surface area contributed by atoms with Crippen LogP contribution < -0.4 is 0 Å². The molecule has 0 aliphatic carbocycles. The maximum Gasteiger partial charge on any atom is 0.106 e. The number of hydrogen-bond donors (Lipinski definition) is 0. The standard InChI is InChI=1S/C8H7N3OS/c1-12-9-5-6-3-2-4-7-8(6)13-11-10-7/h2-5H,1H3/b9-5+. The summed E-state index contributed by atoms with van der Waals surface area (Å²) in [5, 5.41) is 7.65. The van der Waals surface area contributed by atoms with Gasteiger partial charge in [-0.25, -0.2) is 0 Å². The van der Waals surface area contributed by atoms with Crippen LogP contribution in [0.25, 0.3) is 10.2 Å². The summed E-state index contributed by atoms with van der Waals surface area (Å²) in [5.74, 6) is 0. The van der Waals surface area contributed by atoms with E-state index in [2.05, 4.69) is 19.6 Å². The van der Waals surface area contributed by atoms with E-state index in [1.807, 2.05) is 18.2 Å². The van der Waals surface area contributed by atoms with Gasteiger partial charge >= 0.3 is 0 Å². The lowest BCUT2D eigenvalue weighted by Crippen LogP contribution is -1.81. The molecule has 2 aromatic rings. The summed E-state index contributed by atoms with van der Waals surface area (Å²) >= 11 is 1.36. The third kappa shape index (κ3) is 1.50. The lowest BCUT2D eigenvalue weighted by molar-refractivity contribution is 0.215. The molecular weight excluding hydrogens is 186 g/mol. The van der Waals surface area contributed by atoms with Crippen molar-refractivity contribution in [2.45, 2.75) is 0 Å². The van der Waals surface area contributed by atoms with E-state index in [0.717, 1.165) is 15.8 Å². The molecule has 66 valence electrons. The SMILES string of the molecule is CO/N=C/c1cccc2nnsc12. The van der Waals surface area contributed by atoms with Crippen molar-refractivity contribution in [1.82, 2.24) is 9.59 Å². The Hall–Kier alpha value is -1.49. The predicted octanol–water partition coefficient (Wildman–Crippen LogP) is 1.67. The molecule has 0 N–H and O–H groups in total. The van der Waals surface area contributed by atoms with E-state index in [0.29, 0.717) is 0 Å². The summed E-state index contributed by atoms with van der Waals surface area (Å²) < 4.78 is 4.89. The molecule has 1 heterocycles. The smallest absolute Gasteiger partial charge is 0.106 e. The second-order valence-corrected chi connectivity index (χ2v) is 3.14. The normalized spacial score (nSPS) is 11.2. The number of aromatic nitrogens is 2. The molecule has 0 spiro atoms. The van der Waals surface area contributed by atoms with Crippen molar-refractivity contribution in [1.29, 1.82) is 0 Å². The Morgan fingerprint density at radius 1 is 1.54 bits per heavy atom. The van der Waals surface area contributed by atoms with Crippen LogP contribution in [-0.4, -0.2) is 22.9 Å². The first-order chi connectivity index (χ1) is 6.42. The average Bonchev–Trinajstić information content (AvgIpc) is 2.62. The van der Waals surface area contributed by atoms with E-state index in [4.69, 9.17) is 0 Å². The van der Waals surface area contributed by atoms with Crippen molar-refractivity contribution in [3.63, 3.8) is 0 Å². The van der Waals surface area contributed by atoms with Crippen molar-refractivity contribution in [3.05, 3.63) is 23.8 Å². The fourth-order valence-corrected chi connectivity index (χ4v) is 1.68. The second kappa shape index (κ2) is 3.49. The topological polar surface area (TPSA) is 47.4 Å². The van der Waals surface area contributed by atoms with Crippen LogP contribution in [-0.2, 0) is 4.84 Å². The summed E-state index contributed by atoms with van der Waals surface area (Å²) in [7, 11) is 1.52. The molecule has 0 amide bonds. The fraction of sp³-hybridized carbons (Fsp3) is 0.125. The van der Waals surface area contributed by atoms with E-state index in [9.17, 15) is 0 Å². The molecule has 2 rings (SSSR count). The fourth-order valence-electron chi connectivity index (χ4n) is 1.04. The van der Waals surface area contributed by atoms with Crippen molar-refractivity contribution in [2.75, 3.05) is 7.11 Å². The molecule has 0 unspecified atom stereocenters. The monoisotopic (exact) mass is 193 g/mol. The molecule has 1 aromatic carbocycles. The van der Waals surface area contributed by atoms with Crippen molar-refractivity contribution < 1.29 is 4.84 Å². The van der Waals surface area contributed by atoms with Gasteiger partial charge in [0.05, 0.1) is 10.9 Å². The number of fused-ring (bicyclic) bond motifs is 1. The highest BCUT2D eigenvalue weighted by Gasteiger charge is 2.01. The maximum absolute atomic E-state index is 4.60. The van der Waals surface area contributed by atoms with E-state index in [-0.39, 0.29) is 0 Å². The summed E-state index contributed by atoms with van der Waals surface area (Å²) in [5.41, 5.74) is 1.87. The first-order valence-corrected chi connectivity index (χ1v) is 4.47. The average molecular weight is 193 g/mol. The van der Waals surface area contributed by atoms with Gasteiger partial charge < -0.3 is 4.84 Å². The molecule has 0 bridgehead atoms. The Balaban J connectivity index is 2.54. The molecular formula is C8H7N3OS. The highest BCUT2D eigenvalue weighted by Crippen LogP contribution is 2.18. The zero-order chi connectivity index (χ0) is 9.10. The molecule has 1 aromatic heterocycles. The summed E-state index contributed by atoms with van der Waals surface area (Å²) in [6.07, 6.45) is 1.65. The molecule has 5 heteroatoms. The molecule has 4 nitrogen and oxygen atoms in total. The quantitative estimate of drug-likeness (QED) is 0.538. The summed E-state index contributed by atoms with van der Waals surface area (Å²) in [4.78, 5) is 4.60. The number of rotatable bonds is 2. The van der Waals surface area contributed by atoms with Crippen LogP contribution in [0.2, 0.25) is 0 Å². The minimum atomic E-state index is 0.894. The number of oxime groups is 1. The van der Waals surface area contributed by atoms with Gasteiger partial charge in [-0.3, -0.25) is 0 Å². The zero-order valence-electron chi connectivity index (χ0n) is 6.97. The number of benzene rings is 1. The van der Waals surface area contributed by atoms with E-state index in [1.165, 1.54) is 18.6 Å². The van der Waals surface area contributed by atoms with Crippen LogP contribution in [0.3, 0.4) is 0 Å². The molecule has 0 fully saturated rings. The molecule has 0 aliphatic heterocycles. The Morgan fingerprint density at radius 2 is 2.46 bits per heavy atom. The predicted molar refractivity (Wildman–Crippen MR) is 52.0 cm³/mol. The third-order valence-electron chi connectivity index (χ3n) is 1.60. The van der Waals surface area contributed by atoms with Gasteiger partial charge in [-0.2, -0.15) is 0 Å². The van der Waals surface area contributed by atoms with E-state index >= 15 is 0 Å². The van der Waals surface area contributed by atoms with Gasteiger partial charge in [0.2, 0.25) is 0 Å². The molecule has 0 radical (unpaired) electrons. The van der Waals surface area contributed by atoms with Gasteiger partial charge in [0.1, 0.15) is 12.6 Å². The second-order valence-electron chi connectivity index (χ2n) is 2.39. The largest absolute Gasteiger partial charge is 0.399 e. The van der Waals surface area contributed by atoms with Crippen LogP contribution in [0.5, 0.6) is 0 Å². The van der Waals surface area contributed by atoms with Crippen LogP contribution >= 0.6 is 11.5 Å². The van der Waals surface area contributed by atoms with E-state index < -0.39 is 0 Å². The van der Waals surface area contributed by atoms with Gasteiger partial charge in [-0.15, -0.1) is 5.10 Å². The highest BCUT2D eigenvalue weighted by molar-refractivity contribution is 7.13. The zero-order valence-corrected chi connectivity index (χ0v) is 7.78. The van der Waals surface area contributed by atoms with Crippen molar-refractivity contribution >= 4 is 28.0 Å². The van der Waals surface area contributed by atoms with Crippen LogP contribution in [0.15, 0.2) is 23.4 Å². The van der Waals surface area contributed by atoms with Gasteiger partial charge in [0.15, 0.2) is 0 Å². The maximum atomic E-state index is 4.60. The number of nitrogens with zero attached hydrogens (tertiary/aromatic N) is 3. The lowest BCUT2D eigenvalue weighted by atomic mass is 10.2. The summed E-state index contributed by atoms with van der Waals surface area (Å²) in [6.45, 7) is 0. The molecule has 13 heavy (non-hydrogen) atoms. The van der Waals surface area contributed by atoms with E-state index in [1.54, 1.807) is 6.21 Å². The van der Waals surface area contributed by atoms with Gasteiger partial charge in [-0.05, 0) is 17.6 Å². The molecule has 0 saturated heterocycles. The highest BCUT2D eigenvalue weighted by atomic mass is 32.1. The molecule has 0 aliphatic rings. The van der Waals surface area contributed by atoms with Gasteiger partial charge in [0.25, 0.3) is 0 Å². The van der Waals surface area contributed by atoms with Crippen LogP contribution in [0.1, 0.15) is 5.56 Å². The first-order valence-electron chi connectivity index (χ1n) is 3.69. The Labute approximate surface area is 79.0 Å². The summed E-state index contributed by atoms with van der Waals surface area (Å²) in [6, 6.07) is 5.79. The minimum absolute atomic E-state index is 0.894. The van der Waals surface area contributed by atoms with Crippen LogP contribution in [0, 0.1) is 0 Å². The van der Waals surface area contributed by atoms with Gasteiger partial charge in [-0.1, -0.05) is 21.8 Å². The number of hydrogen-bond acceptors (Lipinski definition) is 5. The lowest BCUT2D eigenvalue weighted by Gasteiger charge is -1.91. The minimum Gasteiger partial charge on any atom is -0.399 e. The molecule has 0 saturated carbocycles. The van der Waals surface area contributed by atoms with Crippen LogP contribution in [0.4, 0.5) is 0 Å². The Morgan fingerprint density at radius 3 is 3.31 bits per heavy atom. The third-order valence-corrected chi connectivity index (χ3v) is 2.39. The van der Waals surface area contributed by atoms with Gasteiger partial charge in [0, 0.05) is 5.56 Å². The molecule has 0 atom stereocenters.